The van der Waals surface area contributed by atoms with E-state index < -0.39 is 0 Å². The Labute approximate surface area is 94.2 Å². The minimum Gasteiger partial charge on any atom is -0.383 e. The van der Waals surface area contributed by atoms with Gasteiger partial charge in [0.25, 0.3) is 0 Å². The van der Waals surface area contributed by atoms with Gasteiger partial charge < -0.3 is 10.1 Å². The van der Waals surface area contributed by atoms with Crippen molar-refractivity contribution < 1.29 is 4.74 Å². The third kappa shape index (κ3) is 4.42. The first-order chi connectivity index (χ1) is 6.86. The van der Waals surface area contributed by atoms with Gasteiger partial charge in [-0.15, -0.1) is 11.6 Å². The first-order valence-electron chi connectivity index (χ1n) is 4.66. The van der Waals surface area contributed by atoms with Gasteiger partial charge in [-0.05, 0) is 35.4 Å². The highest BCUT2D eigenvalue weighted by molar-refractivity contribution is 7.07. The van der Waals surface area contributed by atoms with Crippen LogP contribution in [0.2, 0.25) is 0 Å². The molecular weight excluding hydrogens is 218 g/mol. The van der Waals surface area contributed by atoms with Gasteiger partial charge in [-0.3, -0.25) is 0 Å². The number of thiophene rings is 1. The van der Waals surface area contributed by atoms with E-state index in [1.807, 2.05) is 0 Å². The Morgan fingerprint density at radius 2 is 2.50 bits per heavy atom. The molecule has 4 heteroatoms. The maximum absolute atomic E-state index is 5.77. The summed E-state index contributed by atoms with van der Waals surface area (Å²) >= 11 is 7.50. The molecule has 0 aliphatic rings. The summed E-state index contributed by atoms with van der Waals surface area (Å²) in [6.45, 7) is 1.63. The van der Waals surface area contributed by atoms with Crippen molar-refractivity contribution in [1.29, 1.82) is 0 Å². The van der Waals surface area contributed by atoms with Crippen molar-refractivity contribution in [3.63, 3.8) is 0 Å². The number of hydrogen-bond donors (Lipinski definition) is 1. The molecule has 0 aliphatic carbocycles. The summed E-state index contributed by atoms with van der Waals surface area (Å²) in [5.74, 6) is 0.595. The number of ether oxygens (including phenoxy) is 1. The quantitative estimate of drug-likeness (QED) is 0.729. The van der Waals surface area contributed by atoms with E-state index in [-0.39, 0.29) is 6.04 Å². The van der Waals surface area contributed by atoms with Crippen molar-refractivity contribution in [3.8, 4) is 0 Å². The van der Waals surface area contributed by atoms with Crippen LogP contribution in [0.4, 0.5) is 0 Å². The highest BCUT2D eigenvalue weighted by Crippen LogP contribution is 2.05. The van der Waals surface area contributed by atoms with Gasteiger partial charge in [-0.2, -0.15) is 11.3 Å². The number of hydrogen-bond acceptors (Lipinski definition) is 3. The second-order valence-corrected chi connectivity index (χ2v) is 4.23. The molecule has 1 N–H and O–H groups in total. The van der Waals surface area contributed by atoms with Crippen LogP contribution in [0.1, 0.15) is 5.56 Å². The lowest BCUT2D eigenvalue weighted by Crippen LogP contribution is -2.36. The van der Waals surface area contributed by atoms with Gasteiger partial charge in [-0.1, -0.05) is 0 Å². The van der Waals surface area contributed by atoms with E-state index >= 15 is 0 Å². The summed E-state index contributed by atoms with van der Waals surface area (Å²) in [4.78, 5) is 0. The zero-order chi connectivity index (χ0) is 10.2. The highest BCUT2D eigenvalue weighted by Gasteiger charge is 2.04. The molecule has 0 saturated heterocycles. The van der Waals surface area contributed by atoms with Crippen LogP contribution in [0.25, 0.3) is 0 Å². The first-order valence-corrected chi connectivity index (χ1v) is 6.14. The fourth-order valence-corrected chi connectivity index (χ4v) is 2.12. The number of alkyl halides is 1. The summed E-state index contributed by atoms with van der Waals surface area (Å²) in [5.41, 5.74) is 1.38. The number of rotatable bonds is 7. The molecule has 0 amide bonds. The third-order valence-corrected chi connectivity index (χ3v) is 3.09. The van der Waals surface area contributed by atoms with E-state index in [0.29, 0.717) is 12.5 Å². The molecule has 0 aromatic carbocycles. The topological polar surface area (TPSA) is 21.3 Å². The molecule has 0 bridgehead atoms. The molecule has 1 heterocycles. The van der Waals surface area contributed by atoms with Crippen LogP contribution in [0.5, 0.6) is 0 Å². The van der Waals surface area contributed by atoms with Crippen molar-refractivity contribution in [2.75, 3.05) is 26.1 Å². The number of halogens is 1. The van der Waals surface area contributed by atoms with Gasteiger partial charge in [0.1, 0.15) is 0 Å². The van der Waals surface area contributed by atoms with Crippen molar-refractivity contribution in [3.05, 3.63) is 22.4 Å². The molecule has 0 fully saturated rings. The van der Waals surface area contributed by atoms with Crippen LogP contribution in [0.3, 0.4) is 0 Å². The Hall–Kier alpha value is -0.0900. The van der Waals surface area contributed by atoms with Crippen molar-refractivity contribution in [1.82, 2.24) is 5.32 Å². The molecule has 1 rings (SSSR count). The molecular formula is C10H16ClNOS. The molecule has 0 spiro atoms. The van der Waals surface area contributed by atoms with Gasteiger partial charge in [0.2, 0.25) is 0 Å². The second kappa shape index (κ2) is 7.23. The molecule has 80 valence electrons. The molecule has 0 saturated carbocycles. The maximum Gasteiger partial charge on any atom is 0.0627 e. The Kier molecular flexibility index (Phi) is 6.19. The van der Waals surface area contributed by atoms with E-state index in [2.05, 4.69) is 22.1 Å². The predicted octanol–water partition coefficient (Wildman–Crippen LogP) is 2.13. The zero-order valence-corrected chi connectivity index (χ0v) is 9.90. The maximum atomic E-state index is 5.77. The number of nitrogens with one attached hydrogen (secondary N) is 1. The van der Waals surface area contributed by atoms with Crippen LogP contribution in [-0.2, 0) is 11.2 Å². The lowest BCUT2D eigenvalue weighted by molar-refractivity contribution is 0.173. The Morgan fingerprint density at radius 1 is 1.64 bits per heavy atom. The van der Waals surface area contributed by atoms with E-state index in [1.54, 1.807) is 18.4 Å². The van der Waals surface area contributed by atoms with Gasteiger partial charge in [0.15, 0.2) is 0 Å². The van der Waals surface area contributed by atoms with Crippen LogP contribution >= 0.6 is 22.9 Å². The van der Waals surface area contributed by atoms with Crippen molar-refractivity contribution in [2.45, 2.75) is 12.5 Å². The molecule has 1 unspecified atom stereocenters. The third-order valence-electron chi connectivity index (χ3n) is 1.98. The van der Waals surface area contributed by atoms with Gasteiger partial charge in [0, 0.05) is 19.0 Å². The van der Waals surface area contributed by atoms with E-state index in [9.17, 15) is 0 Å². The summed E-state index contributed by atoms with van der Waals surface area (Å²) in [7, 11) is 1.69. The molecule has 0 radical (unpaired) electrons. The van der Waals surface area contributed by atoms with Crippen LogP contribution in [0, 0.1) is 0 Å². The highest BCUT2D eigenvalue weighted by atomic mass is 35.5. The molecule has 1 atom stereocenters. The molecule has 14 heavy (non-hydrogen) atoms. The SMILES string of the molecule is COCC(CCl)NCCc1ccsc1. The fourth-order valence-electron chi connectivity index (χ4n) is 1.21. The normalized spacial score (nSPS) is 13.0. The zero-order valence-electron chi connectivity index (χ0n) is 8.33. The molecule has 2 nitrogen and oxygen atoms in total. The standard InChI is InChI=1S/C10H16ClNOS/c1-13-7-10(6-11)12-4-2-9-3-5-14-8-9/h3,5,8,10,12H,2,4,6-7H2,1H3. The van der Waals surface area contributed by atoms with E-state index in [0.717, 1.165) is 13.0 Å². The first kappa shape index (κ1) is 12.0. The predicted molar refractivity (Wildman–Crippen MR) is 62.4 cm³/mol. The monoisotopic (exact) mass is 233 g/mol. The Balaban J connectivity index is 2.13. The van der Waals surface area contributed by atoms with Crippen LogP contribution < -0.4 is 5.32 Å². The van der Waals surface area contributed by atoms with Crippen LogP contribution in [-0.4, -0.2) is 32.2 Å². The minimum atomic E-state index is 0.264. The Bertz CT molecular complexity index is 228. The number of methoxy groups -OCH3 is 1. The Morgan fingerprint density at radius 3 is 3.07 bits per heavy atom. The lowest BCUT2D eigenvalue weighted by Gasteiger charge is -2.14. The van der Waals surface area contributed by atoms with E-state index in [1.165, 1.54) is 5.56 Å². The minimum absolute atomic E-state index is 0.264. The molecule has 1 aromatic heterocycles. The smallest absolute Gasteiger partial charge is 0.0627 e. The van der Waals surface area contributed by atoms with E-state index in [4.69, 9.17) is 16.3 Å². The van der Waals surface area contributed by atoms with Crippen molar-refractivity contribution in [2.24, 2.45) is 0 Å². The summed E-state index contributed by atoms with van der Waals surface area (Å²) in [5, 5.41) is 7.63. The average Bonchev–Trinajstić information content (AvgIpc) is 2.69. The van der Waals surface area contributed by atoms with Gasteiger partial charge in [-0.25, -0.2) is 0 Å². The molecule has 0 aliphatic heterocycles. The summed E-state index contributed by atoms with van der Waals surface area (Å²) in [6.07, 6.45) is 1.06. The summed E-state index contributed by atoms with van der Waals surface area (Å²) < 4.78 is 5.04. The van der Waals surface area contributed by atoms with Crippen LogP contribution in [0.15, 0.2) is 16.8 Å². The van der Waals surface area contributed by atoms with Gasteiger partial charge >= 0.3 is 0 Å². The fraction of sp³-hybridized carbons (Fsp3) is 0.600. The average molecular weight is 234 g/mol. The molecule has 1 aromatic rings. The summed E-state index contributed by atoms with van der Waals surface area (Å²) in [6, 6.07) is 2.42. The second-order valence-electron chi connectivity index (χ2n) is 3.14. The largest absolute Gasteiger partial charge is 0.383 e. The lowest BCUT2D eigenvalue weighted by atomic mass is 10.2. The van der Waals surface area contributed by atoms with Crippen molar-refractivity contribution >= 4 is 22.9 Å². The van der Waals surface area contributed by atoms with Gasteiger partial charge in [0.05, 0.1) is 6.61 Å².